The van der Waals surface area contributed by atoms with E-state index in [0.29, 0.717) is 24.5 Å². The van der Waals surface area contributed by atoms with Crippen molar-refractivity contribution in [3.63, 3.8) is 0 Å². The molecule has 0 aliphatic carbocycles. The van der Waals surface area contributed by atoms with Crippen molar-refractivity contribution >= 4 is 16.8 Å². The number of aromatic amines is 1. The van der Waals surface area contributed by atoms with E-state index in [0.717, 1.165) is 16.7 Å². The van der Waals surface area contributed by atoms with E-state index in [1.807, 2.05) is 30.3 Å². The summed E-state index contributed by atoms with van der Waals surface area (Å²) in [4.78, 5) is 12.2. The van der Waals surface area contributed by atoms with Crippen LogP contribution in [0.4, 0.5) is 0 Å². The number of rotatable bonds is 6. The van der Waals surface area contributed by atoms with Crippen molar-refractivity contribution in [2.24, 2.45) is 0 Å². The van der Waals surface area contributed by atoms with Crippen LogP contribution in [0.15, 0.2) is 48.7 Å². The van der Waals surface area contributed by atoms with E-state index < -0.39 is 0 Å². The zero-order valence-electron chi connectivity index (χ0n) is 12.7. The second-order valence-corrected chi connectivity index (χ2v) is 4.92. The number of benzene rings is 2. The van der Waals surface area contributed by atoms with Gasteiger partial charge in [-0.1, -0.05) is 18.2 Å². The lowest BCUT2D eigenvalue weighted by Gasteiger charge is -2.09. The summed E-state index contributed by atoms with van der Waals surface area (Å²) < 4.78 is 10.7. The average Bonchev–Trinajstić information content (AvgIpc) is 3.07. The molecule has 2 N–H and O–H groups in total. The number of nitrogens with one attached hydrogen (secondary N) is 2. The number of nitrogens with zero attached hydrogens (tertiary/aromatic N) is 1. The van der Waals surface area contributed by atoms with Crippen molar-refractivity contribution in [2.45, 2.75) is 0 Å². The Hall–Kier alpha value is -3.02. The minimum Gasteiger partial charge on any atom is -0.497 e. The van der Waals surface area contributed by atoms with Gasteiger partial charge in [0, 0.05) is 11.5 Å². The van der Waals surface area contributed by atoms with E-state index in [-0.39, 0.29) is 5.91 Å². The number of carbonyl (C=O) groups excluding carboxylic acids is 1. The van der Waals surface area contributed by atoms with E-state index in [4.69, 9.17) is 9.47 Å². The summed E-state index contributed by atoms with van der Waals surface area (Å²) in [7, 11) is 1.61. The molecule has 23 heavy (non-hydrogen) atoms. The molecule has 2 aromatic carbocycles. The van der Waals surface area contributed by atoms with Crippen molar-refractivity contribution in [3.05, 3.63) is 54.2 Å². The predicted molar refractivity (Wildman–Crippen MR) is 86.9 cm³/mol. The van der Waals surface area contributed by atoms with Crippen LogP contribution in [0, 0.1) is 0 Å². The Balaban J connectivity index is 1.54. The molecule has 0 aliphatic heterocycles. The smallest absolute Gasteiger partial charge is 0.253 e. The molecule has 0 aliphatic rings. The highest BCUT2D eigenvalue weighted by molar-refractivity contribution is 6.05. The van der Waals surface area contributed by atoms with Crippen LogP contribution in [0.2, 0.25) is 0 Å². The van der Waals surface area contributed by atoms with Crippen LogP contribution in [0.5, 0.6) is 11.5 Å². The lowest BCUT2D eigenvalue weighted by Crippen LogP contribution is -2.28. The second kappa shape index (κ2) is 6.83. The zero-order chi connectivity index (χ0) is 16.1. The number of aromatic nitrogens is 2. The minimum atomic E-state index is -0.158. The van der Waals surface area contributed by atoms with E-state index in [9.17, 15) is 4.79 Å². The summed E-state index contributed by atoms with van der Waals surface area (Å²) in [6.07, 6.45) is 1.69. The van der Waals surface area contributed by atoms with Crippen LogP contribution in [-0.2, 0) is 0 Å². The number of methoxy groups -OCH3 is 1. The zero-order valence-corrected chi connectivity index (χ0v) is 12.7. The Labute approximate surface area is 133 Å². The first kappa shape index (κ1) is 14.9. The number of fused-ring (bicyclic) bond motifs is 1. The van der Waals surface area contributed by atoms with Crippen molar-refractivity contribution in [1.82, 2.24) is 15.5 Å². The standard InChI is InChI=1S/C17H17N3O3/c1-22-13-5-3-6-14(10-13)23-9-8-18-17(21)15-7-2-4-12-11-19-20-16(12)15/h2-7,10-11H,8-9H2,1H3,(H,18,21)(H,19,20). The molecular weight excluding hydrogens is 294 g/mol. The highest BCUT2D eigenvalue weighted by atomic mass is 16.5. The van der Waals surface area contributed by atoms with Gasteiger partial charge in [0.2, 0.25) is 0 Å². The Kier molecular flexibility index (Phi) is 4.42. The number of H-pyrrole nitrogens is 1. The molecule has 0 unspecified atom stereocenters. The van der Waals surface area contributed by atoms with E-state index in [1.54, 1.807) is 25.4 Å². The number of para-hydroxylation sites is 1. The van der Waals surface area contributed by atoms with Crippen LogP contribution in [0.25, 0.3) is 10.9 Å². The third-order valence-corrected chi connectivity index (χ3v) is 3.42. The van der Waals surface area contributed by atoms with Gasteiger partial charge in [-0.2, -0.15) is 5.10 Å². The highest BCUT2D eigenvalue weighted by Crippen LogP contribution is 2.18. The summed E-state index contributed by atoms with van der Waals surface area (Å²) in [6.45, 7) is 0.776. The van der Waals surface area contributed by atoms with Crippen molar-refractivity contribution in [1.29, 1.82) is 0 Å². The van der Waals surface area contributed by atoms with Gasteiger partial charge in [-0.05, 0) is 18.2 Å². The Morgan fingerprint density at radius 3 is 2.91 bits per heavy atom. The van der Waals surface area contributed by atoms with Gasteiger partial charge in [0.05, 0.1) is 30.9 Å². The van der Waals surface area contributed by atoms with Crippen LogP contribution >= 0.6 is 0 Å². The van der Waals surface area contributed by atoms with Crippen LogP contribution in [0.1, 0.15) is 10.4 Å². The maximum Gasteiger partial charge on any atom is 0.253 e. The maximum absolute atomic E-state index is 12.2. The molecule has 0 atom stereocenters. The summed E-state index contributed by atoms with van der Waals surface area (Å²) in [5, 5.41) is 10.5. The predicted octanol–water partition coefficient (Wildman–Crippen LogP) is 2.38. The van der Waals surface area contributed by atoms with E-state index in [2.05, 4.69) is 15.5 Å². The molecule has 0 spiro atoms. The summed E-state index contributed by atoms with van der Waals surface area (Å²) in [5.74, 6) is 1.28. The first-order valence-corrected chi connectivity index (χ1v) is 7.25. The van der Waals surface area contributed by atoms with Crippen LogP contribution < -0.4 is 14.8 Å². The number of amides is 1. The monoisotopic (exact) mass is 311 g/mol. The highest BCUT2D eigenvalue weighted by Gasteiger charge is 2.10. The number of hydrogen-bond donors (Lipinski definition) is 2. The molecule has 0 saturated heterocycles. The van der Waals surface area contributed by atoms with Gasteiger partial charge in [0.25, 0.3) is 5.91 Å². The molecule has 1 aromatic heterocycles. The average molecular weight is 311 g/mol. The lowest BCUT2D eigenvalue weighted by molar-refractivity contribution is 0.0948. The number of ether oxygens (including phenoxy) is 2. The fraction of sp³-hybridized carbons (Fsp3) is 0.176. The van der Waals surface area contributed by atoms with Gasteiger partial charge >= 0.3 is 0 Å². The Morgan fingerprint density at radius 2 is 2.04 bits per heavy atom. The first-order valence-electron chi connectivity index (χ1n) is 7.25. The van der Waals surface area contributed by atoms with E-state index in [1.165, 1.54) is 0 Å². The fourth-order valence-corrected chi connectivity index (χ4v) is 2.28. The van der Waals surface area contributed by atoms with Gasteiger partial charge in [0.15, 0.2) is 0 Å². The molecule has 3 aromatic rings. The van der Waals surface area contributed by atoms with Gasteiger partial charge in [-0.3, -0.25) is 9.89 Å². The molecule has 0 radical (unpaired) electrons. The number of carbonyl (C=O) groups is 1. The first-order chi connectivity index (χ1) is 11.3. The molecule has 1 heterocycles. The van der Waals surface area contributed by atoms with Gasteiger partial charge < -0.3 is 14.8 Å². The molecule has 1 amide bonds. The third kappa shape index (κ3) is 3.42. The van der Waals surface area contributed by atoms with Gasteiger partial charge in [-0.25, -0.2) is 0 Å². The maximum atomic E-state index is 12.2. The molecule has 0 bridgehead atoms. The third-order valence-electron chi connectivity index (χ3n) is 3.42. The summed E-state index contributed by atoms with van der Waals surface area (Å²) in [6, 6.07) is 12.8. The topological polar surface area (TPSA) is 76.2 Å². The quantitative estimate of drug-likeness (QED) is 0.685. The SMILES string of the molecule is COc1cccc(OCCNC(=O)c2cccc3cn[nH]c23)c1. The molecule has 6 nitrogen and oxygen atoms in total. The van der Waals surface area contributed by atoms with Gasteiger partial charge in [0.1, 0.15) is 18.1 Å². The van der Waals surface area contributed by atoms with E-state index >= 15 is 0 Å². The fourth-order valence-electron chi connectivity index (χ4n) is 2.28. The molecule has 0 fully saturated rings. The minimum absolute atomic E-state index is 0.158. The van der Waals surface area contributed by atoms with Crippen molar-refractivity contribution in [3.8, 4) is 11.5 Å². The van der Waals surface area contributed by atoms with Crippen molar-refractivity contribution in [2.75, 3.05) is 20.3 Å². The molecular formula is C17H17N3O3. The number of hydrogen-bond acceptors (Lipinski definition) is 4. The van der Waals surface area contributed by atoms with Crippen LogP contribution in [-0.4, -0.2) is 36.4 Å². The molecule has 3 rings (SSSR count). The van der Waals surface area contributed by atoms with Crippen LogP contribution in [0.3, 0.4) is 0 Å². The Morgan fingerprint density at radius 1 is 1.22 bits per heavy atom. The Bertz CT molecular complexity index is 813. The largest absolute Gasteiger partial charge is 0.497 e. The lowest BCUT2D eigenvalue weighted by atomic mass is 10.1. The summed E-state index contributed by atoms with van der Waals surface area (Å²) in [5.41, 5.74) is 1.31. The summed E-state index contributed by atoms with van der Waals surface area (Å²) >= 11 is 0. The van der Waals surface area contributed by atoms with Gasteiger partial charge in [-0.15, -0.1) is 0 Å². The molecule has 118 valence electrons. The van der Waals surface area contributed by atoms with Crippen molar-refractivity contribution < 1.29 is 14.3 Å². The normalized spacial score (nSPS) is 10.5. The molecule has 0 saturated carbocycles. The second-order valence-electron chi connectivity index (χ2n) is 4.92. The molecule has 6 heteroatoms.